The van der Waals surface area contributed by atoms with Crippen LogP contribution in [0.25, 0.3) is 0 Å². The van der Waals surface area contributed by atoms with Crippen molar-refractivity contribution in [1.82, 2.24) is 4.90 Å². The van der Waals surface area contributed by atoms with Gasteiger partial charge in [0.25, 0.3) is 0 Å². The van der Waals surface area contributed by atoms with Crippen LogP contribution in [-0.4, -0.2) is 22.9 Å². The van der Waals surface area contributed by atoms with Gasteiger partial charge in [0.2, 0.25) is 5.91 Å². The second kappa shape index (κ2) is 5.53. The molecule has 0 spiro atoms. The Morgan fingerprint density at radius 1 is 1.50 bits per heavy atom. The van der Waals surface area contributed by atoms with E-state index in [4.69, 9.17) is 5.73 Å². The quantitative estimate of drug-likeness (QED) is 0.866. The molecule has 18 heavy (non-hydrogen) atoms. The highest BCUT2D eigenvalue weighted by Crippen LogP contribution is 2.29. The van der Waals surface area contributed by atoms with Crippen LogP contribution in [0.1, 0.15) is 37.3 Å². The van der Waals surface area contributed by atoms with Crippen molar-refractivity contribution in [3.8, 4) is 0 Å². The maximum Gasteiger partial charge on any atom is 0.240 e. The third kappa shape index (κ3) is 3.10. The van der Waals surface area contributed by atoms with Crippen LogP contribution >= 0.6 is 0 Å². The fourth-order valence-electron chi connectivity index (χ4n) is 2.17. The average molecular weight is 246 g/mol. The summed E-state index contributed by atoms with van der Waals surface area (Å²) in [6.45, 7) is 4.73. The molecule has 3 heteroatoms. The van der Waals surface area contributed by atoms with Crippen molar-refractivity contribution in [3.63, 3.8) is 0 Å². The molecule has 98 valence electrons. The zero-order chi connectivity index (χ0) is 13.1. The van der Waals surface area contributed by atoms with Crippen LogP contribution in [0.3, 0.4) is 0 Å². The lowest BCUT2D eigenvalue weighted by Gasteiger charge is -2.25. The summed E-state index contributed by atoms with van der Waals surface area (Å²) in [7, 11) is 0. The number of hydrogen-bond donors (Lipinski definition) is 1. The van der Waals surface area contributed by atoms with Crippen molar-refractivity contribution in [2.45, 2.75) is 51.7 Å². The number of aryl methyl sites for hydroxylation is 1. The Bertz CT molecular complexity index is 426. The molecule has 0 saturated heterocycles. The molecular formula is C15H22N2O. The molecule has 1 aliphatic carbocycles. The van der Waals surface area contributed by atoms with Crippen LogP contribution in [0.2, 0.25) is 0 Å². The van der Waals surface area contributed by atoms with Crippen LogP contribution in [0.15, 0.2) is 24.3 Å². The van der Waals surface area contributed by atoms with Gasteiger partial charge >= 0.3 is 0 Å². The number of nitrogens with zero attached hydrogens (tertiary/aromatic N) is 1. The molecule has 0 aromatic heterocycles. The van der Waals surface area contributed by atoms with Crippen molar-refractivity contribution in [1.29, 1.82) is 0 Å². The maximum atomic E-state index is 12.2. The zero-order valence-corrected chi connectivity index (χ0v) is 11.2. The second-order valence-corrected chi connectivity index (χ2v) is 5.20. The first-order chi connectivity index (χ1) is 8.61. The highest BCUT2D eigenvalue weighted by Gasteiger charge is 2.34. The second-order valence-electron chi connectivity index (χ2n) is 5.20. The number of carbonyl (C=O) groups is 1. The smallest absolute Gasteiger partial charge is 0.240 e. The Hall–Kier alpha value is -1.35. The van der Waals surface area contributed by atoms with E-state index in [9.17, 15) is 4.79 Å². The molecule has 2 N–H and O–H groups in total. The molecule has 0 radical (unpaired) electrons. The van der Waals surface area contributed by atoms with Gasteiger partial charge in [-0.3, -0.25) is 4.79 Å². The largest absolute Gasteiger partial charge is 0.334 e. The highest BCUT2D eigenvalue weighted by molar-refractivity contribution is 5.82. The molecule has 1 aromatic carbocycles. The van der Waals surface area contributed by atoms with Gasteiger partial charge in [-0.25, -0.2) is 0 Å². The molecule has 3 nitrogen and oxygen atoms in total. The lowest BCUT2D eigenvalue weighted by atomic mass is 10.1. The van der Waals surface area contributed by atoms with Gasteiger partial charge < -0.3 is 10.6 Å². The molecule has 0 bridgehead atoms. The van der Waals surface area contributed by atoms with E-state index in [0.717, 1.165) is 12.8 Å². The van der Waals surface area contributed by atoms with Crippen LogP contribution < -0.4 is 5.73 Å². The molecule has 2 rings (SSSR count). The Morgan fingerprint density at radius 2 is 2.22 bits per heavy atom. The molecule has 1 aliphatic rings. The summed E-state index contributed by atoms with van der Waals surface area (Å²) in [6, 6.07) is 8.39. The standard InChI is InChI=1S/C15H22N2O/c1-3-14(16)15(18)17(13-7-8-13)10-12-6-4-5-11(2)9-12/h4-6,9,13-14H,3,7-8,10,16H2,1-2H3/t14-/m0/s1. The minimum absolute atomic E-state index is 0.0986. The number of amides is 1. The Morgan fingerprint density at radius 3 is 2.78 bits per heavy atom. The molecule has 1 aromatic rings. The maximum absolute atomic E-state index is 12.2. The summed E-state index contributed by atoms with van der Waals surface area (Å²) in [6.07, 6.45) is 2.94. The van der Waals surface area contributed by atoms with Crippen molar-refractivity contribution < 1.29 is 4.79 Å². The highest BCUT2D eigenvalue weighted by atomic mass is 16.2. The number of nitrogens with two attached hydrogens (primary N) is 1. The molecule has 1 amide bonds. The zero-order valence-electron chi connectivity index (χ0n) is 11.2. The van der Waals surface area contributed by atoms with Gasteiger partial charge in [-0.1, -0.05) is 36.8 Å². The molecule has 0 aliphatic heterocycles. The molecule has 0 unspecified atom stereocenters. The molecule has 1 atom stereocenters. The van der Waals surface area contributed by atoms with E-state index in [1.807, 2.05) is 17.9 Å². The first-order valence-electron chi connectivity index (χ1n) is 6.73. The summed E-state index contributed by atoms with van der Waals surface area (Å²) >= 11 is 0. The number of hydrogen-bond acceptors (Lipinski definition) is 2. The lowest BCUT2D eigenvalue weighted by Crippen LogP contribution is -2.44. The van der Waals surface area contributed by atoms with E-state index < -0.39 is 0 Å². The van der Waals surface area contributed by atoms with E-state index in [0.29, 0.717) is 19.0 Å². The summed E-state index contributed by atoms with van der Waals surface area (Å²) in [5.41, 5.74) is 8.30. The SMILES string of the molecule is CC[C@H](N)C(=O)N(Cc1cccc(C)c1)C1CC1. The fourth-order valence-corrected chi connectivity index (χ4v) is 2.17. The number of carbonyl (C=O) groups excluding carboxylic acids is 1. The molecule has 1 saturated carbocycles. The van der Waals surface area contributed by atoms with Gasteiger partial charge in [0.05, 0.1) is 6.04 Å². The number of benzene rings is 1. The van der Waals surface area contributed by atoms with Crippen molar-refractivity contribution in [2.24, 2.45) is 5.73 Å². The van der Waals surface area contributed by atoms with E-state index in [-0.39, 0.29) is 11.9 Å². The Balaban J connectivity index is 2.09. The first kappa shape index (κ1) is 13.1. The minimum atomic E-state index is -0.351. The van der Waals surface area contributed by atoms with Gasteiger partial charge in [0.15, 0.2) is 0 Å². The van der Waals surface area contributed by atoms with E-state index in [2.05, 4.69) is 25.1 Å². The third-order valence-corrected chi connectivity index (χ3v) is 3.46. The van der Waals surface area contributed by atoms with E-state index >= 15 is 0 Å². The summed E-state index contributed by atoms with van der Waals surface area (Å²) in [4.78, 5) is 14.2. The molecule has 1 fully saturated rings. The van der Waals surface area contributed by atoms with Gasteiger partial charge in [0, 0.05) is 12.6 Å². The van der Waals surface area contributed by atoms with Crippen molar-refractivity contribution in [3.05, 3.63) is 35.4 Å². The monoisotopic (exact) mass is 246 g/mol. The fraction of sp³-hybridized carbons (Fsp3) is 0.533. The topological polar surface area (TPSA) is 46.3 Å². The van der Waals surface area contributed by atoms with Crippen molar-refractivity contribution in [2.75, 3.05) is 0 Å². The predicted molar refractivity (Wildman–Crippen MR) is 73.0 cm³/mol. The van der Waals surface area contributed by atoms with Gasteiger partial charge in [-0.2, -0.15) is 0 Å². The number of rotatable bonds is 5. The average Bonchev–Trinajstić information content (AvgIpc) is 3.18. The van der Waals surface area contributed by atoms with Crippen molar-refractivity contribution >= 4 is 5.91 Å². The van der Waals surface area contributed by atoms with Gasteiger partial charge in [0.1, 0.15) is 0 Å². The summed E-state index contributed by atoms with van der Waals surface area (Å²) < 4.78 is 0. The third-order valence-electron chi connectivity index (χ3n) is 3.46. The normalized spacial score (nSPS) is 16.4. The first-order valence-corrected chi connectivity index (χ1v) is 6.73. The van der Waals surface area contributed by atoms with E-state index in [1.54, 1.807) is 0 Å². The summed E-state index contributed by atoms with van der Waals surface area (Å²) in [5, 5.41) is 0. The Labute approximate surface area is 109 Å². The van der Waals surface area contributed by atoms with Crippen LogP contribution in [-0.2, 0) is 11.3 Å². The van der Waals surface area contributed by atoms with Gasteiger partial charge in [-0.05, 0) is 31.7 Å². The molecular weight excluding hydrogens is 224 g/mol. The molecule has 0 heterocycles. The Kier molecular flexibility index (Phi) is 4.02. The predicted octanol–water partition coefficient (Wildman–Crippen LogP) is 2.22. The minimum Gasteiger partial charge on any atom is -0.334 e. The van der Waals surface area contributed by atoms with Crippen LogP contribution in [0.4, 0.5) is 0 Å². The van der Waals surface area contributed by atoms with Gasteiger partial charge in [-0.15, -0.1) is 0 Å². The van der Waals surface area contributed by atoms with Crippen LogP contribution in [0, 0.1) is 6.92 Å². The summed E-state index contributed by atoms with van der Waals surface area (Å²) in [5.74, 6) is 0.0986. The van der Waals surface area contributed by atoms with Crippen LogP contribution in [0.5, 0.6) is 0 Å². The van der Waals surface area contributed by atoms with E-state index in [1.165, 1.54) is 11.1 Å². The lowest BCUT2D eigenvalue weighted by molar-refractivity contribution is -0.133.